The average molecular weight is 431 g/mol. The van der Waals surface area contributed by atoms with E-state index < -0.39 is 0 Å². The molecule has 0 saturated carbocycles. The van der Waals surface area contributed by atoms with Gasteiger partial charge in [0.15, 0.2) is 6.61 Å². The van der Waals surface area contributed by atoms with E-state index in [1.165, 1.54) is 10.9 Å². The van der Waals surface area contributed by atoms with E-state index in [4.69, 9.17) is 4.74 Å². The van der Waals surface area contributed by atoms with E-state index in [1.807, 2.05) is 37.3 Å². The molecule has 3 rings (SSSR count). The van der Waals surface area contributed by atoms with Crippen LogP contribution in [0.1, 0.15) is 59.1 Å². The maximum absolute atomic E-state index is 12.2. The number of ether oxygens (including phenoxy) is 1. The molecular formula is C28H34N2O2. The minimum absolute atomic E-state index is 0.0726. The average Bonchev–Trinajstić information content (AvgIpc) is 2.74. The van der Waals surface area contributed by atoms with E-state index >= 15 is 0 Å². The number of hydrogen-bond donors (Lipinski definition) is 1. The molecule has 3 aromatic rings. The Balaban J connectivity index is 1.55. The molecule has 3 aromatic carbocycles. The van der Waals surface area contributed by atoms with Crippen LogP contribution in [0.2, 0.25) is 0 Å². The van der Waals surface area contributed by atoms with Crippen LogP contribution in [0.5, 0.6) is 5.75 Å². The molecule has 4 nitrogen and oxygen atoms in total. The Morgan fingerprint density at radius 3 is 2.22 bits per heavy atom. The number of amides is 1. The lowest BCUT2D eigenvalue weighted by Crippen LogP contribution is -2.26. The van der Waals surface area contributed by atoms with Crippen molar-refractivity contribution in [1.29, 1.82) is 0 Å². The zero-order chi connectivity index (χ0) is 23.4. The lowest BCUT2D eigenvalue weighted by Gasteiger charge is -2.33. The summed E-state index contributed by atoms with van der Waals surface area (Å²) in [5.74, 6) is 0.382. The second-order valence-electron chi connectivity index (χ2n) is 10.2. The smallest absolute Gasteiger partial charge is 0.277 e. The number of nitrogens with one attached hydrogen (secondary N) is 1. The molecule has 0 unspecified atom stereocenters. The standard InChI is InChI=1S/C28H34N2O2/c1-20(22-12-11-21-9-7-8-10-23(21)17-22)29-30-26(31)18-32-25-15-13-24(14-16-25)28(5,6)19-27(2,3)4/h7-17H,18-19H2,1-6H3,(H,30,31)/b29-20+. The number of carbonyl (C=O) groups excluding carboxylic acids is 1. The number of hydrogen-bond acceptors (Lipinski definition) is 3. The van der Waals surface area contributed by atoms with Gasteiger partial charge in [0.25, 0.3) is 5.91 Å². The first-order valence-electron chi connectivity index (χ1n) is 11.1. The zero-order valence-electron chi connectivity index (χ0n) is 20.0. The molecule has 1 N–H and O–H groups in total. The van der Waals surface area contributed by atoms with Crippen molar-refractivity contribution >= 4 is 22.4 Å². The highest BCUT2D eigenvalue weighted by Gasteiger charge is 2.27. The highest BCUT2D eigenvalue weighted by Crippen LogP contribution is 2.36. The summed E-state index contributed by atoms with van der Waals surface area (Å²) in [4.78, 5) is 12.2. The van der Waals surface area contributed by atoms with Crippen molar-refractivity contribution < 1.29 is 9.53 Å². The van der Waals surface area contributed by atoms with Gasteiger partial charge < -0.3 is 4.74 Å². The fraction of sp³-hybridized carbons (Fsp3) is 0.357. The van der Waals surface area contributed by atoms with Crippen molar-refractivity contribution in [2.75, 3.05) is 6.61 Å². The van der Waals surface area contributed by atoms with Crippen LogP contribution >= 0.6 is 0 Å². The van der Waals surface area contributed by atoms with Gasteiger partial charge in [0, 0.05) is 0 Å². The second-order valence-corrected chi connectivity index (χ2v) is 10.2. The van der Waals surface area contributed by atoms with Crippen LogP contribution < -0.4 is 10.2 Å². The predicted molar refractivity (Wildman–Crippen MR) is 133 cm³/mol. The Bertz CT molecular complexity index is 1110. The fourth-order valence-corrected chi connectivity index (χ4v) is 4.24. The summed E-state index contributed by atoms with van der Waals surface area (Å²) in [6, 6.07) is 22.3. The minimum atomic E-state index is -0.290. The second kappa shape index (κ2) is 9.56. The summed E-state index contributed by atoms with van der Waals surface area (Å²) in [7, 11) is 0. The third kappa shape index (κ3) is 6.43. The van der Waals surface area contributed by atoms with Gasteiger partial charge in [-0.15, -0.1) is 0 Å². The van der Waals surface area contributed by atoms with Crippen LogP contribution in [-0.2, 0) is 10.2 Å². The summed E-state index contributed by atoms with van der Waals surface area (Å²) >= 11 is 0. The molecule has 4 heteroatoms. The van der Waals surface area contributed by atoms with Gasteiger partial charge in [-0.25, -0.2) is 5.43 Å². The van der Waals surface area contributed by atoms with E-state index in [2.05, 4.69) is 81.5 Å². The van der Waals surface area contributed by atoms with Gasteiger partial charge in [0.2, 0.25) is 0 Å². The van der Waals surface area contributed by atoms with E-state index in [1.54, 1.807) is 0 Å². The molecular weight excluding hydrogens is 396 g/mol. The molecule has 0 atom stereocenters. The quantitative estimate of drug-likeness (QED) is 0.345. The summed E-state index contributed by atoms with van der Waals surface area (Å²) in [5, 5.41) is 6.55. The topological polar surface area (TPSA) is 50.7 Å². The minimum Gasteiger partial charge on any atom is -0.484 e. The van der Waals surface area contributed by atoms with Crippen molar-refractivity contribution in [2.24, 2.45) is 10.5 Å². The van der Waals surface area contributed by atoms with Crippen molar-refractivity contribution in [3.8, 4) is 5.75 Å². The van der Waals surface area contributed by atoms with Gasteiger partial charge in [-0.05, 0) is 64.3 Å². The van der Waals surface area contributed by atoms with Gasteiger partial charge in [-0.1, -0.05) is 83.1 Å². The lowest BCUT2D eigenvalue weighted by molar-refractivity contribution is -0.123. The number of benzene rings is 3. The van der Waals surface area contributed by atoms with Crippen molar-refractivity contribution in [3.63, 3.8) is 0 Å². The van der Waals surface area contributed by atoms with Crippen LogP contribution in [0.3, 0.4) is 0 Å². The molecule has 1 amide bonds. The number of rotatable bonds is 7. The van der Waals surface area contributed by atoms with E-state index in [0.29, 0.717) is 5.75 Å². The van der Waals surface area contributed by atoms with Crippen molar-refractivity contribution in [1.82, 2.24) is 5.43 Å². The number of carbonyl (C=O) groups is 1. The molecule has 0 aliphatic carbocycles. The molecule has 0 aliphatic heterocycles. The van der Waals surface area contributed by atoms with Crippen molar-refractivity contribution in [2.45, 2.75) is 53.4 Å². The van der Waals surface area contributed by atoms with Crippen LogP contribution in [-0.4, -0.2) is 18.2 Å². The summed E-state index contributed by atoms with van der Waals surface area (Å²) in [5.41, 5.74) is 5.89. The fourth-order valence-electron chi connectivity index (χ4n) is 4.24. The van der Waals surface area contributed by atoms with Crippen molar-refractivity contribution in [3.05, 3.63) is 77.9 Å². The Kier molecular flexibility index (Phi) is 7.02. The first-order chi connectivity index (χ1) is 15.0. The van der Waals surface area contributed by atoms with E-state index in [9.17, 15) is 4.79 Å². The summed E-state index contributed by atoms with van der Waals surface area (Å²) in [6.45, 7) is 13.1. The summed E-state index contributed by atoms with van der Waals surface area (Å²) in [6.07, 6.45) is 1.08. The third-order valence-electron chi connectivity index (χ3n) is 5.49. The predicted octanol–water partition coefficient (Wildman–Crippen LogP) is 6.47. The lowest BCUT2D eigenvalue weighted by atomic mass is 9.72. The van der Waals surface area contributed by atoms with Crippen LogP contribution in [0.4, 0.5) is 0 Å². The normalized spacial score (nSPS) is 12.6. The highest BCUT2D eigenvalue weighted by molar-refractivity contribution is 6.02. The Morgan fingerprint density at radius 2 is 1.56 bits per heavy atom. The Hall–Kier alpha value is -3.14. The largest absolute Gasteiger partial charge is 0.484 e. The first kappa shape index (κ1) is 23.5. The first-order valence-corrected chi connectivity index (χ1v) is 11.1. The van der Waals surface area contributed by atoms with E-state index in [-0.39, 0.29) is 23.3 Å². The molecule has 0 heterocycles. The van der Waals surface area contributed by atoms with Gasteiger partial charge in [-0.3, -0.25) is 4.79 Å². The SMILES string of the molecule is C/C(=N\NC(=O)COc1ccc(C(C)(C)CC(C)(C)C)cc1)c1ccc2ccccc2c1. The number of nitrogens with zero attached hydrogens (tertiary/aromatic N) is 1. The third-order valence-corrected chi connectivity index (χ3v) is 5.49. The molecule has 0 spiro atoms. The molecule has 168 valence electrons. The maximum Gasteiger partial charge on any atom is 0.277 e. The molecule has 32 heavy (non-hydrogen) atoms. The maximum atomic E-state index is 12.2. The Morgan fingerprint density at radius 1 is 0.906 bits per heavy atom. The number of hydrazone groups is 1. The van der Waals surface area contributed by atoms with Gasteiger partial charge in [0.1, 0.15) is 5.75 Å². The molecule has 0 fully saturated rings. The van der Waals surface area contributed by atoms with E-state index in [0.717, 1.165) is 23.1 Å². The molecule has 0 saturated heterocycles. The molecule has 0 aromatic heterocycles. The monoisotopic (exact) mass is 430 g/mol. The summed E-state index contributed by atoms with van der Waals surface area (Å²) < 4.78 is 5.65. The molecule has 0 aliphatic rings. The highest BCUT2D eigenvalue weighted by atomic mass is 16.5. The molecule has 0 radical (unpaired) electrons. The van der Waals surface area contributed by atoms with Crippen LogP contribution in [0.25, 0.3) is 10.8 Å². The van der Waals surface area contributed by atoms with Crippen LogP contribution in [0.15, 0.2) is 71.8 Å². The van der Waals surface area contributed by atoms with Gasteiger partial charge >= 0.3 is 0 Å². The van der Waals surface area contributed by atoms with Gasteiger partial charge in [-0.2, -0.15) is 5.10 Å². The zero-order valence-corrected chi connectivity index (χ0v) is 20.0. The number of fused-ring (bicyclic) bond motifs is 1. The van der Waals surface area contributed by atoms with Crippen LogP contribution in [0, 0.1) is 5.41 Å². The Labute approximate surface area is 191 Å². The van der Waals surface area contributed by atoms with Gasteiger partial charge in [0.05, 0.1) is 5.71 Å². The molecule has 0 bridgehead atoms.